The van der Waals surface area contributed by atoms with Crippen LogP contribution in [0.4, 0.5) is 10.0 Å². The van der Waals surface area contributed by atoms with Gasteiger partial charge >= 0.3 is 17.5 Å². The van der Waals surface area contributed by atoms with Crippen LogP contribution >= 0.6 is 22.7 Å². The average molecular weight is 873 g/mol. The van der Waals surface area contributed by atoms with Gasteiger partial charge in [0.2, 0.25) is 11.6 Å². The van der Waals surface area contributed by atoms with E-state index in [1.807, 2.05) is 24.3 Å². The highest BCUT2D eigenvalue weighted by Crippen LogP contribution is 2.57. The molecule has 0 unspecified atom stereocenters. The third-order valence-electron chi connectivity index (χ3n) is 10.4. The highest BCUT2D eigenvalue weighted by atomic mass is 32.1. The molecule has 15 heteroatoms. The van der Waals surface area contributed by atoms with Gasteiger partial charge in [0.05, 0.1) is 9.75 Å². The molecule has 0 saturated carbocycles. The van der Waals surface area contributed by atoms with Crippen molar-refractivity contribution < 1.29 is 33.4 Å². The minimum Gasteiger partial charge on any atom is -0.458 e. The molecule has 3 heterocycles. The minimum atomic E-state index is -2.64. The van der Waals surface area contributed by atoms with Crippen LogP contribution in [0.25, 0.3) is 20.9 Å². The van der Waals surface area contributed by atoms with Gasteiger partial charge in [-0.25, -0.2) is 19.6 Å². The molecule has 0 saturated heterocycles. The van der Waals surface area contributed by atoms with Crippen LogP contribution in [0, 0.1) is 45.3 Å². The Hall–Kier alpha value is -8.86. The molecule has 2 aromatic heterocycles. The van der Waals surface area contributed by atoms with E-state index in [2.05, 4.69) is 4.99 Å². The van der Waals surface area contributed by atoms with Gasteiger partial charge in [0, 0.05) is 33.9 Å². The van der Waals surface area contributed by atoms with Crippen molar-refractivity contribution in [2.24, 2.45) is 9.98 Å². The van der Waals surface area contributed by atoms with Crippen molar-refractivity contribution in [2.75, 3.05) is 0 Å². The first kappa shape index (κ1) is 40.5. The summed E-state index contributed by atoms with van der Waals surface area (Å²) in [5.41, 5.74) is -1.26. The van der Waals surface area contributed by atoms with Crippen LogP contribution in [0.3, 0.4) is 0 Å². The number of ketones is 2. The summed E-state index contributed by atoms with van der Waals surface area (Å²) in [6, 6.07) is 40.8. The van der Waals surface area contributed by atoms with E-state index >= 15 is 0 Å². The highest BCUT2D eigenvalue weighted by molar-refractivity contribution is 7.26. The number of rotatable bonds is 8. The number of fused-ring (bicyclic) bond motifs is 5. The lowest BCUT2D eigenvalue weighted by molar-refractivity contribution is -0.183. The van der Waals surface area contributed by atoms with Crippen molar-refractivity contribution in [2.45, 2.75) is 18.8 Å². The van der Waals surface area contributed by atoms with E-state index in [4.69, 9.17) is 19.2 Å². The molecule has 13 nitrogen and oxygen atoms in total. The van der Waals surface area contributed by atoms with Crippen molar-refractivity contribution in [3.63, 3.8) is 0 Å². The normalized spacial score (nSPS) is 15.1. The number of hydrogen-bond acceptors (Lipinski definition) is 15. The van der Waals surface area contributed by atoms with Crippen molar-refractivity contribution in [3.05, 3.63) is 171 Å². The maximum atomic E-state index is 14.8. The van der Waals surface area contributed by atoms with Crippen LogP contribution in [0.5, 0.6) is 5.75 Å². The summed E-state index contributed by atoms with van der Waals surface area (Å²) in [6.45, 7) is -0.518. The summed E-state index contributed by atoms with van der Waals surface area (Å²) in [7, 11) is 0. The number of thiophene rings is 2. The van der Waals surface area contributed by atoms with Gasteiger partial charge in [-0.3, -0.25) is 9.59 Å². The molecule has 0 fully saturated rings. The van der Waals surface area contributed by atoms with Crippen LogP contribution in [0.1, 0.15) is 48.5 Å². The summed E-state index contributed by atoms with van der Waals surface area (Å²) < 4.78 is 18.3. The fourth-order valence-corrected chi connectivity index (χ4v) is 9.71. The van der Waals surface area contributed by atoms with Gasteiger partial charge in [0.1, 0.15) is 75.8 Å². The van der Waals surface area contributed by atoms with Gasteiger partial charge in [0.25, 0.3) is 0 Å². The molecule has 304 valence electrons. The summed E-state index contributed by atoms with van der Waals surface area (Å²) in [4.78, 5) is 67.3. The number of Topliss-reactive ketones (excluding diaryl/α,β-unsaturated/α-hetero) is 2. The topological polar surface area (TPSA) is 216 Å². The Kier molecular flexibility index (Phi) is 10.5. The van der Waals surface area contributed by atoms with E-state index in [0.29, 0.717) is 27.1 Å². The third kappa shape index (κ3) is 6.76. The SMILES string of the molecule is N#CC(C#N)=C1C(=Nc2cc3c(s2)-c2sc(N=C4C(=O)c5ccccc5C4=C(C#N)C#N)cc2C(C(=O)OCc2ccccc2)(C(=O)OCc2ccccc2)O3)C(=O)c2ccccc21. The molecule has 0 spiro atoms. The first-order valence-electron chi connectivity index (χ1n) is 19.2. The minimum absolute atomic E-state index is 0.0262. The van der Waals surface area contributed by atoms with Crippen LogP contribution in [-0.4, -0.2) is 34.9 Å². The number of nitrogens with zero attached hydrogens (tertiary/aromatic N) is 6. The molecule has 0 N–H and O–H groups in total. The Morgan fingerprint density at radius 1 is 0.562 bits per heavy atom. The molecule has 2 aliphatic carbocycles. The zero-order chi connectivity index (χ0) is 44.5. The predicted octanol–water partition coefficient (Wildman–Crippen LogP) is 9.09. The Morgan fingerprint density at radius 2 is 0.969 bits per heavy atom. The second-order valence-electron chi connectivity index (χ2n) is 14.1. The first-order valence-corrected chi connectivity index (χ1v) is 20.8. The lowest BCUT2D eigenvalue weighted by Crippen LogP contribution is -2.51. The highest BCUT2D eigenvalue weighted by Gasteiger charge is 2.59. The number of carbonyl (C=O) groups is 4. The van der Waals surface area contributed by atoms with E-state index in [1.165, 1.54) is 12.1 Å². The number of hydrogen-bond donors (Lipinski definition) is 0. The van der Waals surface area contributed by atoms with Gasteiger partial charge in [0.15, 0.2) is 0 Å². The van der Waals surface area contributed by atoms with E-state index < -0.39 is 29.1 Å². The van der Waals surface area contributed by atoms with Crippen LogP contribution in [-0.2, 0) is 37.9 Å². The van der Waals surface area contributed by atoms with Gasteiger partial charge in [-0.1, -0.05) is 109 Å². The third-order valence-corrected chi connectivity index (χ3v) is 12.6. The molecule has 9 rings (SSSR count). The summed E-state index contributed by atoms with van der Waals surface area (Å²) in [5, 5.41) is 39.9. The molecule has 3 aliphatic rings. The lowest BCUT2D eigenvalue weighted by Gasteiger charge is -2.33. The number of carbonyl (C=O) groups excluding carboxylic acids is 4. The van der Waals surface area contributed by atoms with E-state index in [-0.39, 0.29) is 84.2 Å². The van der Waals surface area contributed by atoms with Crippen molar-refractivity contribution >= 4 is 78.8 Å². The average Bonchev–Trinajstić information content (AvgIpc) is 4.08. The Balaban J connectivity index is 1.24. The zero-order valence-electron chi connectivity index (χ0n) is 32.8. The number of aliphatic imine (C=N–C) groups is 2. The number of nitriles is 4. The fourth-order valence-electron chi connectivity index (χ4n) is 7.52. The maximum absolute atomic E-state index is 14.8. The summed E-state index contributed by atoms with van der Waals surface area (Å²) >= 11 is 2.00. The molecule has 0 radical (unpaired) electrons. The Morgan fingerprint density at radius 3 is 1.42 bits per heavy atom. The molecule has 4 aromatic carbocycles. The quantitative estimate of drug-likeness (QED) is 0.0798. The monoisotopic (exact) mass is 872 g/mol. The van der Waals surface area contributed by atoms with E-state index in [1.54, 1.807) is 109 Å². The van der Waals surface area contributed by atoms with Crippen LogP contribution < -0.4 is 4.74 Å². The molecule has 1 aliphatic heterocycles. The molecule has 0 bridgehead atoms. The van der Waals surface area contributed by atoms with E-state index in [9.17, 15) is 40.2 Å². The summed E-state index contributed by atoms with van der Waals surface area (Å²) in [6.07, 6.45) is 0. The summed E-state index contributed by atoms with van der Waals surface area (Å²) in [5.74, 6) is -3.39. The van der Waals surface area contributed by atoms with Gasteiger partial charge in [-0.05, 0) is 28.3 Å². The lowest BCUT2D eigenvalue weighted by atomic mass is 9.91. The number of benzene rings is 4. The molecule has 6 aromatic rings. The van der Waals surface area contributed by atoms with Crippen molar-refractivity contribution in [3.8, 4) is 39.8 Å². The van der Waals surface area contributed by atoms with Gasteiger partial charge in [-0.15, -0.1) is 22.7 Å². The van der Waals surface area contributed by atoms with E-state index in [0.717, 1.165) is 22.7 Å². The largest absolute Gasteiger partial charge is 0.458 e. The van der Waals surface area contributed by atoms with Crippen LogP contribution in [0.2, 0.25) is 0 Å². The second kappa shape index (κ2) is 16.5. The molecular formula is C49H24N6O7S2. The molecule has 64 heavy (non-hydrogen) atoms. The number of allylic oxidation sites excluding steroid dienone is 4. The second-order valence-corrected chi connectivity index (χ2v) is 16.2. The maximum Gasteiger partial charge on any atom is 0.367 e. The smallest absolute Gasteiger partial charge is 0.367 e. The fraction of sp³-hybridized carbons (Fsp3) is 0.0612. The van der Waals surface area contributed by atoms with Crippen molar-refractivity contribution in [1.82, 2.24) is 0 Å². The van der Waals surface area contributed by atoms with Crippen molar-refractivity contribution in [1.29, 1.82) is 21.0 Å². The predicted molar refractivity (Wildman–Crippen MR) is 234 cm³/mol. The van der Waals surface area contributed by atoms with Gasteiger partial charge in [-0.2, -0.15) is 21.0 Å². The number of esters is 2. The zero-order valence-corrected chi connectivity index (χ0v) is 34.5. The first-order chi connectivity index (χ1) is 31.2. The van der Waals surface area contributed by atoms with Gasteiger partial charge < -0.3 is 14.2 Å². The van der Waals surface area contributed by atoms with Crippen LogP contribution in [0.15, 0.2) is 142 Å². The Labute approximate surface area is 371 Å². The molecular weight excluding hydrogens is 849 g/mol. The molecule has 0 atom stereocenters. The standard InChI is InChI=1S/C49H24N6O7S2/c50-21-29(22-51)39-31-15-7-9-17-33(31)43(56)41(39)54-37-19-35-45(63-37)46-36(20-38(64-46)55-42-40(30(23-52)24-53)32-16-8-10-18-34(32)44(42)57)62-49(35,47(58)60-25-27-11-3-1-4-12-27)48(59)61-26-28-13-5-2-6-14-28/h1-20H,25-26H2. The molecule has 0 amide bonds. The Bertz CT molecular complexity index is 3240. The number of ether oxygens (including phenoxy) is 3.